The molecular formula is C18H25NO5. The highest BCUT2D eigenvalue weighted by Crippen LogP contribution is 2.38. The largest absolute Gasteiger partial charge is 0.491 e. The molecule has 1 heterocycles. The van der Waals surface area contributed by atoms with Crippen LogP contribution in [0.2, 0.25) is 0 Å². The van der Waals surface area contributed by atoms with Gasteiger partial charge in [0.05, 0.1) is 12.0 Å². The summed E-state index contributed by atoms with van der Waals surface area (Å²) in [6.45, 7) is 5.37. The predicted molar refractivity (Wildman–Crippen MR) is 89.2 cm³/mol. The first-order chi connectivity index (χ1) is 11.4. The van der Waals surface area contributed by atoms with Crippen molar-refractivity contribution < 1.29 is 24.2 Å². The van der Waals surface area contributed by atoms with E-state index < -0.39 is 11.4 Å². The summed E-state index contributed by atoms with van der Waals surface area (Å²) in [5.41, 5.74) is -0.350. The van der Waals surface area contributed by atoms with Crippen LogP contribution >= 0.6 is 0 Å². The second kappa shape index (κ2) is 7.66. The zero-order valence-electron chi connectivity index (χ0n) is 14.4. The highest BCUT2D eigenvalue weighted by atomic mass is 16.5. The van der Waals surface area contributed by atoms with Crippen molar-refractivity contribution >= 4 is 11.9 Å². The van der Waals surface area contributed by atoms with E-state index in [1.165, 1.54) is 0 Å². The number of hydrogen-bond donors (Lipinski definition) is 1. The van der Waals surface area contributed by atoms with Crippen LogP contribution in [0, 0.1) is 11.3 Å². The molecule has 1 aliphatic rings. The number of carbonyl (C=O) groups excluding carboxylic acids is 1. The second-order valence-corrected chi connectivity index (χ2v) is 6.46. The molecule has 6 nitrogen and oxygen atoms in total. The molecule has 1 aromatic carbocycles. The van der Waals surface area contributed by atoms with E-state index >= 15 is 0 Å². The van der Waals surface area contributed by atoms with Crippen LogP contribution in [-0.4, -0.2) is 55.3 Å². The third-order valence-electron chi connectivity index (χ3n) is 4.76. The number of rotatable bonds is 7. The lowest BCUT2D eigenvalue weighted by Crippen LogP contribution is -2.40. The molecule has 6 heteroatoms. The minimum atomic E-state index is -0.859. The Morgan fingerprint density at radius 1 is 1.33 bits per heavy atom. The van der Waals surface area contributed by atoms with Gasteiger partial charge in [-0.2, -0.15) is 0 Å². The first kappa shape index (κ1) is 18.3. The molecule has 0 aliphatic carbocycles. The minimum absolute atomic E-state index is 0.0310. The van der Waals surface area contributed by atoms with Crippen molar-refractivity contribution in [1.29, 1.82) is 0 Å². The van der Waals surface area contributed by atoms with Crippen molar-refractivity contribution in [3.8, 4) is 5.75 Å². The number of carbonyl (C=O) groups is 2. The van der Waals surface area contributed by atoms with Crippen molar-refractivity contribution in [2.24, 2.45) is 11.3 Å². The molecule has 0 radical (unpaired) electrons. The maximum absolute atomic E-state index is 12.7. The van der Waals surface area contributed by atoms with E-state index in [-0.39, 0.29) is 18.4 Å². The number of methoxy groups -OCH3 is 1. The summed E-state index contributed by atoms with van der Waals surface area (Å²) in [6, 6.07) is 6.96. The van der Waals surface area contributed by atoms with Crippen molar-refractivity contribution in [3.05, 3.63) is 29.8 Å². The summed E-state index contributed by atoms with van der Waals surface area (Å²) in [6.07, 6.45) is 0.482. The van der Waals surface area contributed by atoms with Crippen LogP contribution < -0.4 is 4.74 Å². The quantitative estimate of drug-likeness (QED) is 0.774. The third-order valence-corrected chi connectivity index (χ3v) is 4.76. The van der Waals surface area contributed by atoms with Gasteiger partial charge in [0.2, 0.25) is 0 Å². The smallest absolute Gasteiger partial charge is 0.311 e. The van der Waals surface area contributed by atoms with E-state index in [4.69, 9.17) is 9.47 Å². The number of amides is 1. The van der Waals surface area contributed by atoms with Crippen molar-refractivity contribution in [2.45, 2.75) is 20.3 Å². The number of hydrogen-bond acceptors (Lipinski definition) is 4. The van der Waals surface area contributed by atoms with E-state index in [0.717, 1.165) is 0 Å². The molecule has 1 fully saturated rings. The Morgan fingerprint density at radius 2 is 2.08 bits per heavy atom. The van der Waals surface area contributed by atoms with Gasteiger partial charge in [0.15, 0.2) is 0 Å². The Labute approximate surface area is 142 Å². The number of ether oxygens (including phenoxy) is 2. The van der Waals surface area contributed by atoms with Gasteiger partial charge in [0, 0.05) is 25.8 Å². The molecule has 1 N–H and O–H groups in total. The lowest BCUT2D eigenvalue weighted by atomic mass is 9.76. The van der Waals surface area contributed by atoms with Gasteiger partial charge >= 0.3 is 5.97 Å². The number of carboxylic acid groups (broad SMARTS) is 1. The van der Waals surface area contributed by atoms with Crippen LogP contribution in [-0.2, 0) is 9.53 Å². The summed E-state index contributed by atoms with van der Waals surface area (Å²) >= 11 is 0. The fraction of sp³-hybridized carbons (Fsp3) is 0.556. The lowest BCUT2D eigenvalue weighted by Gasteiger charge is -2.28. The normalized spacial score (nSPS) is 20.4. The van der Waals surface area contributed by atoms with Crippen LogP contribution in [0.1, 0.15) is 30.6 Å². The number of likely N-dealkylation sites (tertiary alicyclic amines) is 1. The van der Waals surface area contributed by atoms with Crippen molar-refractivity contribution in [1.82, 2.24) is 4.90 Å². The maximum Gasteiger partial charge on any atom is 0.311 e. The van der Waals surface area contributed by atoms with E-state index in [9.17, 15) is 14.7 Å². The number of aliphatic carboxylic acids is 1. The molecule has 0 saturated carbocycles. The summed E-state index contributed by atoms with van der Waals surface area (Å²) < 4.78 is 10.5. The first-order valence-corrected chi connectivity index (χ1v) is 8.15. The number of benzene rings is 1. The summed E-state index contributed by atoms with van der Waals surface area (Å²) in [7, 11) is 1.60. The van der Waals surface area contributed by atoms with Crippen molar-refractivity contribution in [3.63, 3.8) is 0 Å². The average Bonchev–Trinajstić information content (AvgIpc) is 3.01. The number of carboxylic acids is 1. The van der Waals surface area contributed by atoms with Gasteiger partial charge < -0.3 is 19.5 Å². The van der Waals surface area contributed by atoms with Gasteiger partial charge in [0.1, 0.15) is 12.4 Å². The van der Waals surface area contributed by atoms with E-state index in [2.05, 4.69) is 0 Å². The van der Waals surface area contributed by atoms with Gasteiger partial charge in [-0.1, -0.05) is 19.9 Å². The molecule has 1 aliphatic heterocycles. The standard InChI is InChI=1S/C18H25NO5/c1-13(2)18(17(21)22)7-8-19(12-18)16(20)14-5-4-6-15(11-14)24-10-9-23-3/h4-6,11,13H,7-10,12H2,1-3H3,(H,21,22). The molecular weight excluding hydrogens is 310 g/mol. The molecule has 1 aromatic rings. The number of nitrogens with zero attached hydrogens (tertiary/aromatic N) is 1. The average molecular weight is 335 g/mol. The van der Waals surface area contributed by atoms with Crippen LogP contribution in [0.3, 0.4) is 0 Å². The molecule has 1 unspecified atom stereocenters. The minimum Gasteiger partial charge on any atom is -0.491 e. The molecule has 0 aromatic heterocycles. The Morgan fingerprint density at radius 3 is 2.67 bits per heavy atom. The predicted octanol–water partition coefficient (Wildman–Crippen LogP) is 2.28. The van der Waals surface area contributed by atoms with Crippen LogP contribution in [0.15, 0.2) is 24.3 Å². The lowest BCUT2D eigenvalue weighted by molar-refractivity contribution is -0.150. The summed E-state index contributed by atoms with van der Waals surface area (Å²) in [5, 5.41) is 9.60. The highest BCUT2D eigenvalue weighted by molar-refractivity contribution is 5.95. The zero-order chi connectivity index (χ0) is 17.7. The van der Waals surface area contributed by atoms with Crippen molar-refractivity contribution in [2.75, 3.05) is 33.4 Å². The topological polar surface area (TPSA) is 76.1 Å². The maximum atomic E-state index is 12.7. The molecule has 0 bridgehead atoms. The summed E-state index contributed by atoms with van der Waals surface area (Å²) in [4.78, 5) is 26.0. The Kier molecular flexibility index (Phi) is 5.83. The summed E-state index contributed by atoms with van der Waals surface area (Å²) in [5.74, 6) is -0.414. The molecule has 2 rings (SSSR count). The molecule has 24 heavy (non-hydrogen) atoms. The van der Waals surface area contributed by atoms with Gasteiger partial charge in [-0.3, -0.25) is 9.59 Å². The van der Waals surface area contributed by atoms with E-state index in [1.54, 1.807) is 36.3 Å². The fourth-order valence-corrected chi connectivity index (χ4v) is 3.04. The van der Waals surface area contributed by atoms with E-state index in [0.29, 0.717) is 37.5 Å². The van der Waals surface area contributed by atoms with Gasteiger partial charge in [-0.15, -0.1) is 0 Å². The Balaban J connectivity index is 2.10. The zero-order valence-corrected chi connectivity index (χ0v) is 14.4. The molecule has 0 spiro atoms. The fourth-order valence-electron chi connectivity index (χ4n) is 3.04. The molecule has 1 saturated heterocycles. The van der Waals surface area contributed by atoms with Gasteiger partial charge in [-0.25, -0.2) is 0 Å². The monoisotopic (exact) mass is 335 g/mol. The Hall–Kier alpha value is -2.08. The van der Waals surface area contributed by atoms with E-state index in [1.807, 2.05) is 13.8 Å². The van der Waals surface area contributed by atoms with Gasteiger partial charge in [-0.05, 0) is 30.5 Å². The molecule has 1 amide bonds. The third kappa shape index (κ3) is 3.70. The van der Waals surface area contributed by atoms with Crippen LogP contribution in [0.25, 0.3) is 0 Å². The SMILES string of the molecule is COCCOc1cccc(C(=O)N2CCC(C(=O)O)(C(C)C)C2)c1. The molecule has 1 atom stereocenters. The Bertz CT molecular complexity index is 601. The van der Waals surface area contributed by atoms with Crippen LogP contribution in [0.5, 0.6) is 5.75 Å². The second-order valence-electron chi connectivity index (χ2n) is 6.46. The molecule has 132 valence electrons. The highest BCUT2D eigenvalue weighted by Gasteiger charge is 2.48. The van der Waals surface area contributed by atoms with Gasteiger partial charge in [0.25, 0.3) is 5.91 Å². The first-order valence-electron chi connectivity index (χ1n) is 8.15. The van der Waals surface area contributed by atoms with Crippen LogP contribution in [0.4, 0.5) is 0 Å².